The molecule has 1 aromatic carbocycles. The predicted molar refractivity (Wildman–Crippen MR) is 129 cm³/mol. The minimum absolute atomic E-state index is 0.139. The number of rotatable bonds is 7. The van der Waals surface area contributed by atoms with Gasteiger partial charge in [-0.2, -0.15) is 0 Å². The molecule has 2 aromatic heterocycles. The molecule has 9 nitrogen and oxygen atoms in total. The molecule has 0 bridgehead atoms. The number of anilines is 1. The molecule has 4 heterocycles. The standard InChI is InChI=1S/C23H27FN8OS/c1-16(2)18-12-25-23(26-13-18)30-10-8-17(9-11-30)21-28-20(14-34-21)22(31-15-27-32(24)29-31)33-19-6-4-3-5-7-19/h3-7,12-17,22,29H,8-11H2,1-2H3. The molecule has 0 aliphatic carbocycles. The zero-order chi connectivity index (χ0) is 23.5. The first-order valence-electron chi connectivity index (χ1n) is 11.4. The van der Waals surface area contributed by atoms with Crippen molar-refractivity contribution in [1.29, 1.82) is 0 Å². The third-order valence-corrected chi connectivity index (χ3v) is 6.99. The minimum Gasteiger partial charge on any atom is -0.463 e. The summed E-state index contributed by atoms with van der Waals surface area (Å²) in [5, 5.41) is 8.21. The Morgan fingerprint density at radius 1 is 1.12 bits per heavy atom. The highest BCUT2D eigenvalue weighted by molar-refractivity contribution is 7.09. The van der Waals surface area contributed by atoms with E-state index >= 15 is 0 Å². The molecule has 2 aliphatic heterocycles. The summed E-state index contributed by atoms with van der Waals surface area (Å²) in [5.41, 5.74) is 4.34. The predicted octanol–water partition coefficient (Wildman–Crippen LogP) is 4.38. The Morgan fingerprint density at radius 3 is 2.50 bits per heavy atom. The summed E-state index contributed by atoms with van der Waals surface area (Å²) in [7, 11) is 0. The van der Waals surface area contributed by atoms with Crippen LogP contribution in [0.1, 0.15) is 61.0 Å². The quantitative estimate of drug-likeness (QED) is 0.497. The molecule has 5 rings (SSSR count). The van der Waals surface area contributed by atoms with Crippen molar-refractivity contribution in [3.05, 3.63) is 64.4 Å². The lowest BCUT2D eigenvalue weighted by Gasteiger charge is -2.31. The number of ether oxygens (including phenoxy) is 1. The van der Waals surface area contributed by atoms with E-state index in [-0.39, 0.29) is 5.34 Å². The second kappa shape index (κ2) is 9.90. The fraction of sp³-hybridized carbons (Fsp3) is 0.391. The Morgan fingerprint density at radius 2 is 1.85 bits per heavy atom. The van der Waals surface area contributed by atoms with Crippen LogP contribution in [0.25, 0.3) is 0 Å². The van der Waals surface area contributed by atoms with Crippen LogP contribution in [0, 0.1) is 0 Å². The number of hydrazine groups is 2. The lowest BCUT2D eigenvalue weighted by atomic mass is 9.98. The molecule has 3 aromatic rings. The number of thiazole rings is 1. The molecule has 34 heavy (non-hydrogen) atoms. The van der Waals surface area contributed by atoms with E-state index in [1.165, 1.54) is 11.3 Å². The van der Waals surface area contributed by atoms with E-state index in [1.807, 2.05) is 48.1 Å². The zero-order valence-corrected chi connectivity index (χ0v) is 19.9. The van der Waals surface area contributed by atoms with Crippen molar-refractivity contribution in [2.45, 2.75) is 44.8 Å². The normalized spacial score (nSPS) is 17.6. The van der Waals surface area contributed by atoms with Gasteiger partial charge in [-0.15, -0.1) is 16.4 Å². The van der Waals surface area contributed by atoms with Gasteiger partial charge in [0, 0.05) is 36.8 Å². The molecular weight excluding hydrogens is 455 g/mol. The van der Waals surface area contributed by atoms with E-state index in [1.54, 1.807) is 11.3 Å². The van der Waals surface area contributed by atoms with E-state index in [9.17, 15) is 4.48 Å². The van der Waals surface area contributed by atoms with Gasteiger partial charge in [0.15, 0.2) is 0 Å². The van der Waals surface area contributed by atoms with Crippen molar-refractivity contribution in [3.8, 4) is 5.75 Å². The van der Waals surface area contributed by atoms with Gasteiger partial charge in [0.2, 0.25) is 12.2 Å². The van der Waals surface area contributed by atoms with Crippen LogP contribution in [0.3, 0.4) is 0 Å². The molecule has 2 aliphatic rings. The number of nitrogens with one attached hydrogen (secondary N) is 1. The highest BCUT2D eigenvalue weighted by Gasteiger charge is 2.30. The molecule has 1 N–H and O–H groups in total. The van der Waals surface area contributed by atoms with Gasteiger partial charge in [0.25, 0.3) is 0 Å². The van der Waals surface area contributed by atoms with Gasteiger partial charge in [0.05, 0.1) is 5.01 Å². The first kappa shape index (κ1) is 22.5. The molecule has 11 heteroatoms. The molecular formula is C23H27FN8OS. The van der Waals surface area contributed by atoms with Crippen molar-refractivity contribution < 1.29 is 9.22 Å². The first-order valence-corrected chi connectivity index (χ1v) is 12.2. The van der Waals surface area contributed by atoms with E-state index in [2.05, 4.69) is 39.4 Å². The van der Waals surface area contributed by atoms with Gasteiger partial charge >= 0.3 is 0 Å². The molecule has 178 valence electrons. The summed E-state index contributed by atoms with van der Waals surface area (Å²) in [4.78, 5) is 16.3. The number of hydrogen-bond donors (Lipinski definition) is 1. The Balaban J connectivity index is 1.26. The maximum atomic E-state index is 13.5. The van der Waals surface area contributed by atoms with Crippen molar-refractivity contribution in [3.63, 3.8) is 0 Å². The number of benzene rings is 1. The van der Waals surface area contributed by atoms with Gasteiger partial charge in [-0.25, -0.2) is 20.0 Å². The van der Waals surface area contributed by atoms with E-state index in [0.717, 1.165) is 42.5 Å². The average molecular weight is 483 g/mol. The fourth-order valence-corrected chi connectivity index (χ4v) is 4.97. The Hall–Kier alpha value is -3.31. The number of para-hydroxylation sites is 1. The lowest BCUT2D eigenvalue weighted by molar-refractivity contribution is -0.0998. The molecule has 0 spiro atoms. The Labute approximate surface area is 201 Å². The van der Waals surface area contributed by atoms with Crippen LogP contribution in [-0.4, -0.2) is 44.7 Å². The third kappa shape index (κ3) is 4.95. The van der Waals surface area contributed by atoms with Gasteiger partial charge in [-0.05, 0) is 41.8 Å². The fourth-order valence-electron chi connectivity index (χ4n) is 3.97. The van der Waals surface area contributed by atoms with E-state index in [4.69, 9.17) is 9.72 Å². The highest BCUT2D eigenvalue weighted by atomic mass is 32.1. The minimum atomic E-state index is -0.662. The summed E-state index contributed by atoms with van der Waals surface area (Å²) in [6, 6.07) is 9.40. The molecule has 0 amide bonds. The topological polar surface area (TPSA) is 82.0 Å². The zero-order valence-electron chi connectivity index (χ0n) is 19.1. The highest BCUT2D eigenvalue weighted by Crippen LogP contribution is 2.34. The Kier molecular flexibility index (Phi) is 6.54. The number of hydrogen-bond acceptors (Lipinski definition) is 10. The van der Waals surface area contributed by atoms with Crippen molar-refractivity contribution in [1.82, 2.24) is 30.8 Å². The van der Waals surface area contributed by atoms with Crippen LogP contribution in [0.2, 0.25) is 0 Å². The van der Waals surface area contributed by atoms with Gasteiger partial charge in [-0.1, -0.05) is 42.1 Å². The first-order chi connectivity index (χ1) is 16.6. The van der Waals surface area contributed by atoms with Crippen LogP contribution in [-0.2, 0) is 0 Å². The van der Waals surface area contributed by atoms with Crippen LogP contribution >= 0.6 is 11.3 Å². The Bertz CT molecular complexity index is 1100. The summed E-state index contributed by atoms with van der Waals surface area (Å²) < 4.78 is 19.7. The number of nitrogens with zero attached hydrogens (tertiary/aromatic N) is 7. The summed E-state index contributed by atoms with van der Waals surface area (Å²) in [5.74, 6) is 2.21. The largest absolute Gasteiger partial charge is 0.463 e. The molecule has 1 atom stereocenters. The van der Waals surface area contributed by atoms with Crippen molar-refractivity contribution >= 4 is 23.6 Å². The smallest absolute Gasteiger partial charge is 0.232 e. The van der Waals surface area contributed by atoms with Gasteiger partial charge in [0.1, 0.15) is 17.8 Å². The van der Waals surface area contributed by atoms with Crippen molar-refractivity contribution in [2.24, 2.45) is 5.10 Å². The number of hydrazone groups is 1. The van der Waals surface area contributed by atoms with Crippen molar-refractivity contribution in [2.75, 3.05) is 18.0 Å². The second-order valence-electron chi connectivity index (χ2n) is 8.62. The van der Waals surface area contributed by atoms with Crippen LogP contribution < -0.4 is 15.2 Å². The second-order valence-corrected chi connectivity index (χ2v) is 9.51. The number of piperidine rings is 1. The lowest BCUT2D eigenvalue weighted by Crippen LogP contribution is -2.42. The van der Waals surface area contributed by atoms with Crippen LogP contribution in [0.15, 0.2) is 53.2 Å². The SMILES string of the molecule is CC(C)c1cnc(N2CCC(c3nc(C(Oc4ccccc4)N4C=NN(F)N4)cs3)CC2)nc1. The average Bonchev–Trinajstić information content (AvgIpc) is 3.53. The molecule has 0 radical (unpaired) electrons. The van der Waals surface area contributed by atoms with Crippen LogP contribution in [0.5, 0.6) is 5.75 Å². The maximum absolute atomic E-state index is 13.5. The van der Waals surface area contributed by atoms with Gasteiger partial charge in [-0.3, -0.25) is 0 Å². The monoisotopic (exact) mass is 482 g/mol. The van der Waals surface area contributed by atoms with E-state index < -0.39 is 6.23 Å². The number of aromatic nitrogens is 3. The molecule has 1 unspecified atom stereocenters. The van der Waals surface area contributed by atoms with E-state index in [0.29, 0.717) is 23.3 Å². The summed E-state index contributed by atoms with van der Waals surface area (Å²) in [6.07, 6.45) is 6.46. The molecule has 0 saturated carbocycles. The van der Waals surface area contributed by atoms with Crippen LogP contribution in [0.4, 0.5) is 10.4 Å². The maximum Gasteiger partial charge on any atom is 0.232 e. The van der Waals surface area contributed by atoms with Gasteiger partial charge < -0.3 is 9.64 Å². The third-order valence-electron chi connectivity index (χ3n) is 5.96. The molecule has 1 fully saturated rings. The molecule has 1 saturated heterocycles. The summed E-state index contributed by atoms with van der Waals surface area (Å²) >= 11 is 1.61. The number of halogens is 1. The summed E-state index contributed by atoms with van der Waals surface area (Å²) in [6.45, 7) is 6.03.